The second-order valence-electron chi connectivity index (χ2n) is 3.57. The number of fused-ring (bicyclic) bond motifs is 1. The third-order valence-corrected chi connectivity index (χ3v) is 2.84. The Morgan fingerprint density at radius 3 is 2.94 bits per heavy atom. The van der Waals surface area contributed by atoms with Crippen LogP contribution in [0.1, 0.15) is 10.4 Å². The molecule has 2 rings (SSSR count). The number of nitrogen functional groups attached to an aromatic ring is 1. The van der Waals surface area contributed by atoms with Crippen LogP contribution >= 0.6 is 11.3 Å². The molecule has 0 aliphatic heterocycles. The molecule has 0 unspecified atom stereocenters. The van der Waals surface area contributed by atoms with Crippen LogP contribution in [0.5, 0.6) is 0 Å². The molecular weight excluding hydrogens is 224 g/mol. The number of rotatable bonds is 2. The van der Waals surface area contributed by atoms with Gasteiger partial charge in [0.25, 0.3) is 5.91 Å². The molecule has 0 aliphatic carbocycles. The minimum absolute atomic E-state index is 0.140. The molecule has 0 atom stereocenters. The van der Waals surface area contributed by atoms with Gasteiger partial charge in [0.1, 0.15) is 0 Å². The van der Waals surface area contributed by atoms with Crippen LogP contribution < -0.4 is 11.2 Å². The largest absolute Gasteiger partial charge is 0.375 e. The summed E-state index contributed by atoms with van der Waals surface area (Å²) >= 11 is 1.38. The van der Waals surface area contributed by atoms with Gasteiger partial charge in [-0.05, 0) is 18.2 Å². The molecule has 1 aromatic carbocycles. The summed E-state index contributed by atoms with van der Waals surface area (Å²) in [6, 6.07) is 5.33. The number of thiazole rings is 1. The smallest absolute Gasteiger partial charge is 0.265 e. The van der Waals surface area contributed by atoms with Gasteiger partial charge in [0.15, 0.2) is 5.13 Å². The Morgan fingerprint density at radius 1 is 1.50 bits per heavy atom. The fourth-order valence-corrected chi connectivity index (χ4v) is 2.12. The molecule has 0 saturated heterocycles. The highest BCUT2D eigenvalue weighted by atomic mass is 32.1. The summed E-state index contributed by atoms with van der Waals surface area (Å²) in [4.78, 5) is 15.8. The average Bonchev–Trinajstić information content (AvgIpc) is 2.55. The monoisotopic (exact) mass is 236 g/mol. The molecule has 5 nitrogen and oxygen atoms in total. The van der Waals surface area contributed by atoms with E-state index in [9.17, 15) is 4.79 Å². The molecule has 0 saturated carbocycles. The van der Waals surface area contributed by atoms with Gasteiger partial charge >= 0.3 is 0 Å². The van der Waals surface area contributed by atoms with Crippen molar-refractivity contribution in [2.45, 2.75) is 0 Å². The lowest BCUT2D eigenvalue weighted by molar-refractivity contribution is 0.0857. The molecule has 0 aliphatic rings. The highest BCUT2D eigenvalue weighted by Gasteiger charge is 2.08. The van der Waals surface area contributed by atoms with Gasteiger partial charge in [0.05, 0.1) is 10.2 Å². The van der Waals surface area contributed by atoms with E-state index < -0.39 is 0 Å². The summed E-state index contributed by atoms with van der Waals surface area (Å²) in [5.41, 5.74) is 9.70. The van der Waals surface area contributed by atoms with Gasteiger partial charge < -0.3 is 5.73 Å². The molecule has 0 spiro atoms. The summed E-state index contributed by atoms with van der Waals surface area (Å²) in [5, 5.41) is 2.12. The van der Waals surface area contributed by atoms with E-state index in [2.05, 4.69) is 10.4 Å². The number of nitrogens with zero attached hydrogens (tertiary/aromatic N) is 2. The van der Waals surface area contributed by atoms with Crippen LogP contribution in [0.2, 0.25) is 0 Å². The van der Waals surface area contributed by atoms with Crippen molar-refractivity contribution >= 4 is 32.6 Å². The number of hydrogen-bond acceptors (Lipinski definition) is 5. The number of aromatic nitrogens is 1. The van der Waals surface area contributed by atoms with Gasteiger partial charge in [-0.15, -0.1) is 0 Å². The summed E-state index contributed by atoms with van der Waals surface area (Å²) in [5.74, 6) is -0.140. The van der Waals surface area contributed by atoms with E-state index in [0.29, 0.717) is 10.7 Å². The van der Waals surface area contributed by atoms with E-state index >= 15 is 0 Å². The minimum Gasteiger partial charge on any atom is -0.375 e. The van der Waals surface area contributed by atoms with Gasteiger partial charge in [-0.1, -0.05) is 11.3 Å². The zero-order valence-electron chi connectivity index (χ0n) is 9.02. The SMILES string of the molecule is CN(C)NC(=O)c1ccc2nc(N)sc2c1. The second kappa shape index (κ2) is 4.07. The predicted octanol–water partition coefficient (Wildman–Crippen LogP) is 1.08. The molecule has 2 aromatic rings. The van der Waals surface area contributed by atoms with Gasteiger partial charge in [0, 0.05) is 19.7 Å². The molecule has 0 fully saturated rings. The quantitative estimate of drug-likeness (QED) is 0.766. The molecule has 16 heavy (non-hydrogen) atoms. The zero-order chi connectivity index (χ0) is 11.7. The standard InChI is InChI=1S/C10H12N4OS/c1-14(2)13-9(15)6-3-4-7-8(5-6)16-10(11)12-7/h3-5H,1-2H3,(H2,11,12)(H,13,15). The average molecular weight is 236 g/mol. The summed E-state index contributed by atoms with van der Waals surface area (Å²) in [7, 11) is 3.53. The highest BCUT2D eigenvalue weighted by molar-refractivity contribution is 7.22. The van der Waals surface area contributed by atoms with Crippen LogP contribution in [0.3, 0.4) is 0 Å². The zero-order valence-corrected chi connectivity index (χ0v) is 9.84. The third kappa shape index (κ3) is 2.12. The number of anilines is 1. The maximum absolute atomic E-state index is 11.7. The topological polar surface area (TPSA) is 71.2 Å². The van der Waals surface area contributed by atoms with Crippen molar-refractivity contribution in [3.8, 4) is 0 Å². The van der Waals surface area contributed by atoms with E-state index in [1.54, 1.807) is 37.3 Å². The molecule has 84 valence electrons. The lowest BCUT2D eigenvalue weighted by atomic mass is 10.2. The van der Waals surface area contributed by atoms with E-state index in [4.69, 9.17) is 5.73 Å². The lowest BCUT2D eigenvalue weighted by Crippen LogP contribution is -2.36. The van der Waals surface area contributed by atoms with E-state index in [-0.39, 0.29) is 5.91 Å². The first-order valence-electron chi connectivity index (χ1n) is 4.70. The van der Waals surface area contributed by atoms with Crippen LogP contribution in [0.15, 0.2) is 18.2 Å². The molecule has 6 heteroatoms. The Bertz CT molecular complexity index is 535. The molecule has 0 radical (unpaired) electrons. The van der Waals surface area contributed by atoms with Crippen LogP contribution in [-0.2, 0) is 0 Å². The van der Waals surface area contributed by atoms with Gasteiger partial charge in [-0.25, -0.2) is 9.99 Å². The predicted molar refractivity (Wildman–Crippen MR) is 65.2 cm³/mol. The molecular formula is C10H12N4OS. The van der Waals surface area contributed by atoms with Crippen molar-refractivity contribution in [2.24, 2.45) is 0 Å². The Labute approximate surface area is 96.8 Å². The van der Waals surface area contributed by atoms with Crippen LogP contribution in [0, 0.1) is 0 Å². The molecule has 1 aromatic heterocycles. The first-order chi connectivity index (χ1) is 7.56. The second-order valence-corrected chi connectivity index (χ2v) is 4.63. The minimum atomic E-state index is -0.140. The first-order valence-corrected chi connectivity index (χ1v) is 5.52. The van der Waals surface area contributed by atoms with Gasteiger partial charge in [-0.3, -0.25) is 10.2 Å². The van der Waals surface area contributed by atoms with Crippen LogP contribution in [-0.4, -0.2) is 30.0 Å². The van der Waals surface area contributed by atoms with Crippen molar-refractivity contribution in [2.75, 3.05) is 19.8 Å². The third-order valence-electron chi connectivity index (χ3n) is 1.99. The normalized spacial score (nSPS) is 10.9. The van der Waals surface area contributed by atoms with E-state index in [0.717, 1.165) is 10.2 Å². The number of hydrogen-bond donors (Lipinski definition) is 2. The van der Waals surface area contributed by atoms with Crippen molar-refractivity contribution in [3.05, 3.63) is 23.8 Å². The maximum atomic E-state index is 11.7. The van der Waals surface area contributed by atoms with Crippen molar-refractivity contribution in [1.82, 2.24) is 15.4 Å². The fraction of sp³-hybridized carbons (Fsp3) is 0.200. The number of hydrazine groups is 1. The Kier molecular flexibility index (Phi) is 2.76. The molecule has 0 bridgehead atoms. The van der Waals surface area contributed by atoms with E-state index in [1.165, 1.54) is 11.3 Å². The number of amides is 1. The number of nitrogens with two attached hydrogens (primary N) is 1. The molecule has 1 heterocycles. The summed E-state index contributed by atoms with van der Waals surface area (Å²) < 4.78 is 0.920. The van der Waals surface area contributed by atoms with Gasteiger partial charge in [0.2, 0.25) is 0 Å². The lowest BCUT2D eigenvalue weighted by Gasteiger charge is -2.11. The Balaban J connectivity index is 2.35. The maximum Gasteiger partial charge on any atom is 0.265 e. The number of nitrogens with one attached hydrogen (secondary N) is 1. The van der Waals surface area contributed by atoms with E-state index in [1.807, 2.05) is 0 Å². The fourth-order valence-electron chi connectivity index (χ4n) is 1.35. The van der Waals surface area contributed by atoms with Crippen molar-refractivity contribution in [3.63, 3.8) is 0 Å². The summed E-state index contributed by atoms with van der Waals surface area (Å²) in [6.45, 7) is 0. The van der Waals surface area contributed by atoms with Crippen molar-refractivity contribution in [1.29, 1.82) is 0 Å². The number of benzene rings is 1. The first kappa shape index (κ1) is 10.8. The Morgan fingerprint density at radius 2 is 2.25 bits per heavy atom. The highest BCUT2D eigenvalue weighted by Crippen LogP contribution is 2.24. The molecule has 1 amide bonds. The van der Waals surface area contributed by atoms with Crippen LogP contribution in [0.25, 0.3) is 10.2 Å². The molecule has 3 N–H and O–H groups in total. The summed E-state index contributed by atoms with van der Waals surface area (Å²) in [6.07, 6.45) is 0. The number of carbonyl (C=O) groups excluding carboxylic acids is 1. The van der Waals surface area contributed by atoms with Gasteiger partial charge in [-0.2, -0.15) is 0 Å². The Hall–Kier alpha value is -1.66. The van der Waals surface area contributed by atoms with Crippen LogP contribution in [0.4, 0.5) is 5.13 Å². The van der Waals surface area contributed by atoms with Crippen molar-refractivity contribution < 1.29 is 4.79 Å². The number of carbonyl (C=O) groups is 1.